The lowest BCUT2D eigenvalue weighted by molar-refractivity contribution is -0.870. The van der Waals surface area contributed by atoms with Crippen LogP contribution >= 0.6 is 7.82 Å². The summed E-state index contributed by atoms with van der Waals surface area (Å²) in [6.07, 6.45) is 14.5. The largest absolute Gasteiger partial charge is 0.472 e. The average Bonchev–Trinajstić information content (AvgIpc) is 2.64. The third kappa shape index (κ3) is 22.2. The number of phosphoric ester groups is 1. The van der Waals surface area contributed by atoms with Gasteiger partial charge in [-0.05, 0) is 6.42 Å². The van der Waals surface area contributed by atoms with Crippen LogP contribution in [0.5, 0.6) is 0 Å². The van der Waals surface area contributed by atoms with Crippen molar-refractivity contribution in [2.24, 2.45) is 0 Å². The van der Waals surface area contributed by atoms with Crippen molar-refractivity contribution >= 4 is 13.8 Å². The quantitative estimate of drug-likeness (QED) is 0.108. The summed E-state index contributed by atoms with van der Waals surface area (Å²) in [6.45, 7) is 3.20. The van der Waals surface area contributed by atoms with Crippen molar-refractivity contribution < 1.29 is 32.5 Å². The Morgan fingerprint density at radius 1 is 0.767 bits per heavy atom. The number of rotatable bonds is 21. The second-order valence-electron chi connectivity index (χ2n) is 9.01. The van der Waals surface area contributed by atoms with Crippen molar-refractivity contribution in [3.63, 3.8) is 0 Å². The Bertz CT molecular complexity index is 467. The second-order valence-corrected chi connectivity index (χ2v) is 10.5. The van der Waals surface area contributed by atoms with Crippen molar-refractivity contribution in [1.29, 1.82) is 0 Å². The maximum Gasteiger partial charge on any atom is 0.472 e. The van der Waals surface area contributed by atoms with E-state index < -0.39 is 7.82 Å². The molecule has 1 N–H and O–H groups in total. The third-order valence-electron chi connectivity index (χ3n) is 4.81. The lowest BCUT2D eigenvalue weighted by Crippen LogP contribution is -2.37. The maximum absolute atomic E-state index is 11.7. The molecule has 0 spiro atoms. The predicted molar refractivity (Wildman–Crippen MR) is 121 cm³/mol. The second kappa shape index (κ2) is 18.1. The van der Waals surface area contributed by atoms with E-state index in [0.29, 0.717) is 23.9 Å². The van der Waals surface area contributed by atoms with Gasteiger partial charge < -0.3 is 14.1 Å². The normalized spacial score (nSPS) is 13.9. The van der Waals surface area contributed by atoms with Crippen molar-refractivity contribution in [2.45, 2.75) is 90.4 Å². The van der Waals surface area contributed by atoms with Gasteiger partial charge in [-0.2, -0.15) is 0 Å². The number of likely N-dealkylation sites (N-methyl/N-ethyl adjacent to an activating group) is 1. The van der Waals surface area contributed by atoms with Crippen LogP contribution in [0, 0.1) is 0 Å². The molecule has 0 aliphatic carbocycles. The molecular weight excluding hydrogens is 405 g/mol. The van der Waals surface area contributed by atoms with Crippen LogP contribution in [0.2, 0.25) is 0 Å². The number of esters is 1. The Morgan fingerprint density at radius 2 is 1.27 bits per heavy atom. The van der Waals surface area contributed by atoms with Crippen molar-refractivity contribution in [3.8, 4) is 0 Å². The number of phosphoric acid groups is 1. The number of carbonyl (C=O) groups is 1. The van der Waals surface area contributed by atoms with Crippen molar-refractivity contribution in [1.82, 2.24) is 0 Å². The first-order valence-electron chi connectivity index (χ1n) is 11.7. The fraction of sp³-hybridized carbons (Fsp3) is 0.955. The molecule has 0 aromatic carbocycles. The molecule has 0 heterocycles. The predicted octanol–water partition coefficient (Wildman–Crippen LogP) is 5.46. The SMILES string of the molecule is CCCCCCCCCCCCCC(=O)OCCCOP(=O)(O)OCC[N+](C)(C)C. The Labute approximate surface area is 184 Å². The average molecular weight is 453 g/mol. The van der Waals surface area contributed by atoms with Gasteiger partial charge >= 0.3 is 13.8 Å². The van der Waals surface area contributed by atoms with Gasteiger partial charge in [-0.15, -0.1) is 0 Å². The molecule has 0 amide bonds. The molecule has 0 saturated heterocycles. The van der Waals surface area contributed by atoms with Crippen molar-refractivity contribution in [2.75, 3.05) is 47.5 Å². The molecule has 0 radical (unpaired) electrons. The van der Waals surface area contributed by atoms with Gasteiger partial charge in [0.15, 0.2) is 0 Å². The lowest BCUT2D eigenvalue weighted by atomic mass is 10.1. The molecule has 7 nitrogen and oxygen atoms in total. The van der Waals surface area contributed by atoms with E-state index >= 15 is 0 Å². The zero-order valence-corrected chi connectivity index (χ0v) is 20.8. The summed E-state index contributed by atoms with van der Waals surface area (Å²) in [4.78, 5) is 21.3. The molecule has 0 saturated carbocycles. The molecular formula is C22H47NO6P+. The Balaban J connectivity index is 3.46. The summed E-state index contributed by atoms with van der Waals surface area (Å²) in [5.74, 6) is -0.211. The molecule has 0 aromatic rings. The molecule has 0 aromatic heterocycles. The Kier molecular flexibility index (Phi) is 17.9. The highest BCUT2D eigenvalue weighted by Crippen LogP contribution is 2.43. The van der Waals surface area contributed by atoms with E-state index in [4.69, 9.17) is 13.8 Å². The molecule has 0 rings (SSSR count). The van der Waals surface area contributed by atoms with Crippen LogP contribution in [0.15, 0.2) is 0 Å². The number of nitrogens with zero attached hydrogens (tertiary/aromatic N) is 1. The molecule has 0 aliphatic heterocycles. The number of ether oxygens (including phenoxy) is 1. The third-order valence-corrected chi connectivity index (χ3v) is 5.82. The molecule has 0 bridgehead atoms. The van der Waals surface area contributed by atoms with Gasteiger partial charge in [0, 0.05) is 12.8 Å². The van der Waals surface area contributed by atoms with Gasteiger partial charge in [0.25, 0.3) is 0 Å². The summed E-state index contributed by atoms with van der Waals surface area (Å²) in [5.41, 5.74) is 0. The van der Waals surface area contributed by atoms with E-state index in [1.807, 2.05) is 21.1 Å². The Hall–Kier alpha value is -0.460. The van der Waals surface area contributed by atoms with Gasteiger partial charge in [0.05, 0.1) is 34.4 Å². The van der Waals surface area contributed by atoms with Gasteiger partial charge in [0.1, 0.15) is 13.2 Å². The maximum atomic E-state index is 11.7. The van der Waals surface area contributed by atoms with E-state index in [0.717, 1.165) is 12.8 Å². The van der Waals surface area contributed by atoms with Crippen LogP contribution in [-0.4, -0.2) is 62.9 Å². The van der Waals surface area contributed by atoms with Crippen LogP contribution in [0.1, 0.15) is 90.4 Å². The fourth-order valence-corrected chi connectivity index (χ4v) is 3.64. The fourth-order valence-electron chi connectivity index (χ4n) is 2.90. The highest BCUT2D eigenvalue weighted by atomic mass is 31.2. The summed E-state index contributed by atoms with van der Waals surface area (Å²) in [5, 5.41) is 0. The first kappa shape index (κ1) is 29.5. The smallest absolute Gasteiger partial charge is 0.466 e. The van der Waals surface area contributed by atoms with E-state index in [2.05, 4.69) is 6.92 Å². The van der Waals surface area contributed by atoms with Crippen LogP contribution in [0.3, 0.4) is 0 Å². The molecule has 8 heteroatoms. The number of carbonyl (C=O) groups excluding carboxylic acids is 1. The monoisotopic (exact) mass is 452 g/mol. The molecule has 0 aliphatic rings. The molecule has 1 atom stereocenters. The van der Waals surface area contributed by atoms with Gasteiger partial charge in [-0.1, -0.05) is 71.1 Å². The molecule has 30 heavy (non-hydrogen) atoms. The van der Waals surface area contributed by atoms with Crippen LogP contribution < -0.4 is 0 Å². The zero-order chi connectivity index (χ0) is 22.7. The lowest BCUT2D eigenvalue weighted by Gasteiger charge is -2.24. The van der Waals surface area contributed by atoms with E-state index in [9.17, 15) is 14.3 Å². The van der Waals surface area contributed by atoms with Crippen LogP contribution in [-0.2, 0) is 23.1 Å². The minimum absolute atomic E-state index is 0.0177. The minimum atomic E-state index is -4.03. The first-order valence-corrected chi connectivity index (χ1v) is 13.2. The molecule has 0 fully saturated rings. The summed E-state index contributed by atoms with van der Waals surface area (Å²) >= 11 is 0. The molecule has 180 valence electrons. The van der Waals surface area contributed by atoms with Crippen LogP contribution in [0.25, 0.3) is 0 Å². The van der Waals surface area contributed by atoms with E-state index in [1.54, 1.807) is 0 Å². The Morgan fingerprint density at radius 3 is 1.80 bits per heavy atom. The number of hydrogen-bond acceptors (Lipinski definition) is 5. The number of quaternary nitrogens is 1. The number of unbranched alkanes of at least 4 members (excludes halogenated alkanes) is 10. The first-order chi connectivity index (χ1) is 14.2. The zero-order valence-electron chi connectivity index (χ0n) is 19.9. The summed E-state index contributed by atoms with van der Waals surface area (Å²) in [7, 11) is 1.87. The van der Waals surface area contributed by atoms with Gasteiger partial charge in [0.2, 0.25) is 0 Å². The van der Waals surface area contributed by atoms with Gasteiger partial charge in [-0.3, -0.25) is 13.8 Å². The summed E-state index contributed by atoms with van der Waals surface area (Å²) < 4.78 is 27.3. The number of hydrogen-bond donors (Lipinski definition) is 1. The molecule has 1 unspecified atom stereocenters. The summed E-state index contributed by atoms with van der Waals surface area (Å²) in [6, 6.07) is 0. The van der Waals surface area contributed by atoms with Crippen LogP contribution in [0.4, 0.5) is 0 Å². The van der Waals surface area contributed by atoms with Gasteiger partial charge in [-0.25, -0.2) is 4.57 Å². The highest BCUT2D eigenvalue weighted by molar-refractivity contribution is 7.47. The topological polar surface area (TPSA) is 82.1 Å². The van der Waals surface area contributed by atoms with Crippen molar-refractivity contribution in [3.05, 3.63) is 0 Å². The van der Waals surface area contributed by atoms with E-state index in [-0.39, 0.29) is 25.8 Å². The highest BCUT2D eigenvalue weighted by Gasteiger charge is 2.22. The minimum Gasteiger partial charge on any atom is -0.466 e. The van der Waals surface area contributed by atoms with E-state index in [1.165, 1.54) is 57.8 Å². The standard InChI is InChI=1S/C22H46NO6P/c1-5-6-7-8-9-10-11-12-13-14-15-17-22(24)27-19-16-20-28-30(25,26)29-21-18-23(2,3)4/h5-21H2,1-4H3/p+1.